The summed E-state index contributed by atoms with van der Waals surface area (Å²) in [5.41, 5.74) is 6.88. The lowest BCUT2D eigenvalue weighted by atomic mass is 9.88. The van der Waals surface area contributed by atoms with Crippen molar-refractivity contribution in [3.05, 3.63) is 29.8 Å². The van der Waals surface area contributed by atoms with E-state index in [0.717, 1.165) is 24.1 Å². The van der Waals surface area contributed by atoms with Crippen LogP contribution in [0.4, 0.5) is 5.69 Å². The molecule has 110 valence electrons. The summed E-state index contributed by atoms with van der Waals surface area (Å²) in [5, 5.41) is 10.1. The summed E-state index contributed by atoms with van der Waals surface area (Å²) in [4.78, 5) is 13.9. The second kappa shape index (κ2) is 5.83. The number of likely N-dealkylation sites (tertiary alicyclic amines) is 1. The normalized spacial score (nSPS) is 18.4. The fourth-order valence-corrected chi connectivity index (χ4v) is 2.80. The summed E-state index contributed by atoms with van der Waals surface area (Å²) in [6.45, 7) is 5.05. The third-order valence-electron chi connectivity index (χ3n) is 4.02. The van der Waals surface area contributed by atoms with Gasteiger partial charge in [-0.15, -0.1) is 0 Å². The van der Waals surface area contributed by atoms with Crippen molar-refractivity contribution in [2.75, 3.05) is 18.8 Å². The van der Waals surface area contributed by atoms with Gasteiger partial charge in [-0.2, -0.15) is 0 Å². The number of carbonyl (C=O) groups excluding carboxylic acids is 1. The molecule has 1 saturated heterocycles. The molecule has 20 heavy (non-hydrogen) atoms. The molecule has 1 unspecified atom stereocenters. The zero-order valence-electron chi connectivity index (χ0n) is 12.3. The summed E-state index contributed by atoms with van der Waals surface area (Å²) in [5.74, 6) is 0.290. The first-order chi connectivity index (χ1) is 9.43. The Morgan fingerprint density at radius 3 is 2.55 bits per heavy atom. The molecule has 0 aromatic heterocycles. The highest BCUT2D eigenvalue weighted by molar-refractivity contribution is 5.78. The number of aliphatic hydroxyl groups is 1. The van der Waals surface area contributed by atoms with Crippen molar-refractivity contribution in [3.8, 4) is 0 Å². The molecule has 1 amide bonds. The number of nitrogens with two attached hydrogens (primary N) is 1. The van der Waals surface area contributed by atoms with Gasteiger partial charge in [-0.1, -0.05) is 32.4 Å². The summed E-state index contributed by atoms with van der Waals surface area (Å²) in [6.07, 6.45) is 2.19. The van der Waals surface area contributed by atoms with Crippen LogP contribution in [0.3, 0.4) is 0 Å². The van der Waals surface area contributed by atoms with Gasteiger partial charge in [-0.3, -0.25) is 4.79 Å². The number of β-amino-alcohol motifs (C(OH)–C–C–N with tert-alkyl or cyclic N) is 1. The topological polar surface area (TPSA) is 66.6 Å². The Hall–Kier alpha value is -1.55. The average molecular weight is 276 g/mol. The lowest BCUT2D eigenvalue weighted by Crippen LogP contribution is -2.63. The van der Waals surface area contributed by atoms with Crippen molar-refractivity contribution in [3.63, 3.8) is 0 Å². The predicted octanol–water partition coefficient (Wildman–Crippen LogP) is 2.14. The van der Waals surface area contributed by atoms with E-state index in [0.29, 0.717) is 19.5 Å². The highest BCUT2D eigenvalue weighted by Crippen LogP contribution is 2.28. The predicted molar refractivity (Wildman–Crippen MR) is 80.3 cm³/mol. The summed E-state index contributed by atoms with van der Waals surface area (Å²) in [6, 6.07) is 7.66. The maximum atomic E-state index is 12.2. The molecule has 0 saturated carbocycles. The monoisotopic (exact) mass is 276 g/mol. The van der Waals surface area contributed by atoms with Gasteiger partial charge >= 0.3 is 0 Å². The number of hydrogen-bond acceptors (Lipinski definition) is 3. The molecule has 0 radical (unpaired) electrons. The quantitative estimate of drug-likeness (QED) is 0.810. The summed E-state index contributed by atoms with van der Waals surface area (Å²) < 4.78 is 0. The van der Waals surface area contributed by atoms with E-state index in [1.807, 2.05) is 38.1 Å². The largest absolute Gasteiger partial charge is 0.399 e. The van der Waals surface area contributed by atoms with Gasteiger partial charge in [0.15, 0.2) is 0 Å². The zero-order chi connectivity index (χ0) is 14.8. The number of nitrogens with zero attached hydrogens (tertiary/aromatic N) is 1. The molecule has 1 heterocycles. The molecular formula is C16H24N2O2. The lowest BCUT2D eigenvalue weighted by molar-refractivity contribution is -0.156. The van der Waals surface area contributed by atoms with Gasteiger partial charge in [0.1, 0.15) is 0 Å². The van der Waals surface area contributed by atoms with E-state index in [2.05, 4.69) is 0 Å². The average Bonchev–Trinajstić information content (AvgIpc) is 2.36. The van der Waals surface area contributed by atoms with E-state index in [-0.39, 0.29) is 11.8 Å². The van der Waals surface area contributed by atoms with Gasteiger partial charge in [-0.25, -0.2) is 0 Å². The van der Waals surface area contributed by atoms with Crippen LogP contribution in [-0.4, -0.2) is 34.6 Å². The van der Waals surface area contributed by atoms with E-state index < -0.39 is 5.60 Å². The molecule has 1 aromatic rings. The second-order valence-electron chi connectivity index (χ2n) is 6.00. The zero-order valence-corrected chi connectivity index (χ0v) is 12.3. The van der Waals surface area contributed by atoms with Crippen molar-refractivity contribution >= 4 is 11.6 Å². The van der Waals surface area contributed by atoms with Gasteiger partial charge in [0, 0.05) is 12.1 Å². The highest BCUT2D eigenvalue weighted by atomic mass is 16.3. The van der Waals surface area contributed by atoms with Crippen LogP contribution in [0.5, 0.6) is 0 Å². The number of amides is 1. The third-order valence-corrected chi connectivity index (χ3v) is 4.02. The number of nitrogen functional groups attached to an aromatic ring is 1. The lowest BCUT2D eigenvalue weighted by Gasteiger charge is -2.46. The van der Waals surface area contributed by atoms with Gasteiger partial charge in [0.2, 0.25) is 5.91 Å². The molecule has 4 heteroatoms. The SMILES string of the molecule is CCCC1(O)CN(C(=O)CC(C)c2ccc(N)cc2)C1. The molecule has 0 spiro atoms. The Labute approximate surface area is 120 Å². The first kappa shape index (κ1) is 14.9. The molecule has 1 aliphatic rings. The van der Waals surface area contributed by atoms with Crippen LogP contribution in [0, 0.1) is 0 Å². The maximum absolute atomic E-state index is 12.2. The fraction of sp³-hybridized carbons (Fsp3) is 0.562. The Morgan fingerprint density at radius 2 is 2.00 bits per heavy atom. The standard InChI is InChI=1S/C16H24N2O2/c1-3-8-16(20)10-18(11-16)15(19)9-12(2)13-4-6-14(17)7-5-13/h4-7,12,20H,3,8-11,17H2,1-2H3. The van der Waals surface area contributed by atoms with E-state index >= 15 is 0 Å². The number of carbonyl (C=O) groups is 1. The number of rotatable bonds is 5. The van der Waals surface area contributed by atoms with Crippen LogP contribution in [0.1, 0.15) is 44.6 Å². The number of hydrogen-bond donors (Lipinski definition) is 2. The fourth-order valence-electron chi connectivity index (χ4n) is 2.80. The van der Waals surface area contributed by atoms with Gasteiger partial charge in [-0.05, 0) is 30.0 Å². The maximum Gasteiger partial charge on any atom is 0.223 e. The molecule has 0 bridgehead atoms. The van der Waals surface area contributed by atoms with Gasteiger partial charge in [0.05, 0.1) is 18.7 Å². The second-order valence-corrected chi connectivity index (χ2v) is 6.00. The van der Waals surface area contributed by atoms with Crippen LogP contribution in [0.15, 0.2) is 24.3 Å². The van der Waals surface area contributed by atoms with Crippen molar-refractivity contribution in [2.24, 2.45) is 0 Å². The Kier molecular flexibility index (Phi) is 4.33. The van der Waals surface area contributed by atoms with Crippen molar-refractivity contribution < 1.29 is 9.90 Å². The number of benzene rings is 1. The molecule has 1 aromatic carbocycles. The van der Waals surface area contributed by atoms with Crippen LogP contribution >= 0.6 is 0 Å². The van der Waals surface area contributed by atoms with Crippen molar-refractivity contribution in [1.82, 2.24) is 4.90 Å². The van der Waals surface area contributed by atoms with E-state index in [1.165, 1.54) is 0 Å². The molecule has 1 atom stereocenters. The van der Waals surface area contributed by atoms with Crippen molar-refractivity contribution in [2.45, 2.75) is 44.6 Å². The third kappa shape index (κ3) is 3.31. The van der Waals surface area contributed by atoms with Gasteiger partial charge < -0.3 is 15.7 Å². The molecule has 2 rings (SSSR count). The Balaban J connectivity index is 1.85. The number of anilines is 1. The van der Waals surface area contributed by atoms with Gasteiger partial charge in [0.25, 0.3) is 0 Å². The molecule has 4 nitrogen and oxygen atoms in total. The van der Waals surface area contributed by atoms with E-state index in [1.54, 1.807) is 4.90 Å². The first-order valence-electron chi connectivity index (χ1n) is 7.29. The minimum absolute atomic E-state index is 0.120. The molecule has 1 aliphatic heterocycles. The minimum Gasteiger partial charge on any atom is -0.399 e. The van der Waals surface area contributed by atoms with Crippen LogP contribution in [-0.2, 0) is 4.79 Å². The summed E-state index contributed by atoms with van der Waals surface area (Å²) in [7, 11) is 0. The molecule has 1 fully saturated rings. The van der Waals surface area contributed by atoms with Crippen LogP contribution < -0.4 is 5.73 Å². The van der Waals surface area contributed by atoms with Crippen molar-refractivity contribution in [1.29, 1.82) is 0 Å². The van der Waals surface area contributed by atoms with E-state index in [9.17, 15) is 9.90 Å². The van der Waals surface area contributed by atoms with Crippen LogP contribution in [0.25, 0.3) is 0 Å². The summed E-state index contributed by atoms with van der Waals surface area (Å²) >= 11 is 0. The highest BCUT2D eigenvalue weighted by Gasteiger charge is 2.42. The molecule has 0 aliphatic carbocycles. The smallest absolute Gasteiger partial charge is 0.223 e. The Morgan fingerprint density at radius 1 is 1.40 bits per heavy atom. The van der Waals surface area contributed by atoms with Crippen LogP contribution in [0.2, 0.25) is 0 Å². The Bertz CT molecular complexity index is 464. The van der Waals surface area contributed by atoms with E-state index in [4.69, 9.17) is 5.73 Å². The minimum atomic E-state index is -0.644. The first-order valence-corrected chi connectivity index (χ1v) is 7.29. The molecular weight excluding hydrogens is 252 g/mol. The molecule has 3 N–H and O–H groups in total.